The van der Waals surface area contributed by atoms with Crippen LogP contribution < -0.4 is 0 Å². The summed E-state index contributed by atoms with van der Waals surface area (Å²) in [5, 5.41) is 0. The van der Waals surface area contributed by atoms with E-state index in [1.165, 1.54) is 5.57 Å². The molecule has 0 heterocycles. The molecule has 1 rings (SSSR count). The summed E-state index contributed by atoms with van der Waals surface area (Å²) in [6.07, 6.45) is 7.38. The molecule has 0 aromatic carbocycles. The van der Waals surface area contributed by atoms with Crippen molar-refractivity contribution >= 4 is 12.4 Å². The van der Waals surface area contributed by atoms with Gasteiger partial charge in [-0.25, -0.2) is 0 Å². The summed E-state index contributed by atoms with van der Waals surface area (Å²) >= 11 is 1.72. The summed E-state index contributed by atoms with van der Waals surface area (Å²) in [4.78, 5) is 0. The predicted octanol–water partition coefficient (Wildman–Crippen LogP) is 1.77. The summed E-state index contributed by atoms with van der Waals surface area (Å²) in [7, 11) is 0. The first-order valence-corrected chi connectivity index (χ1v) is 3.20. The molecule has 0 saturated heterocycles. The number of allylic oxidation sites excluding steroid dienone is 3. The summed E-state index contributed by atoms with van der Waals surface area (Å²) < 4.78 is 4.92. The van der Waals surface area contributed by atoms with E-state index in [-0.39, 0.29) is 12.4 Å². The molecule has 9 heavy (non-hydrogen) atoms. The van der Waals surface area contributed by atoms with Crippen LogP contribution in [0.3, 0.4) is 0 Å². The molecule has 1 aliphatic carbocycles. The van der Waals surface area contributed by atoms with Crippen molar-refractivity contribution in [2.45, 2.75) is 6.42 Å². The first kappa shape index (κ1) is 9.44. The third kappa shape index (κ3) is 3.21. The molecule has 0 N–H and O–H groups in total. The fraction of sp³-hybridized carbons (Fsp3) is 0.333. The van der Waals surface area contributed by atoms with Crippen molar-refractivity contribution in [1.29, 1.82) is 0 Å². The van der Waals surface area contributed by atoms with Crippen molar-refractivity contribution in [3.63, 3.8) is 0 Å². The standard InChI is InChI=1S/C6H7O.ClH.Ti/c7-5-6-3-1-2-4-6;;/h1-3H,4-5H2;1H;/q-1;;+1. The van der Waals surface area contributed by atoms with E-state index in [0.29, 0.717) is 0 Å². The number of halogens is 1. The SMILES string of the molecule is Cl.[Ti][O]CC1=CC=CC1. The Balaban J connectivity index is 0.000000640. The van der Waals surface area contributed by atoms with E-state index in [2.05, 4.69) is 18.2 Å². The third-order valence-electron chi connectivity index (χ3n) is 1.11. The van der Waals surface area contributed by atoms with Crippen molar-refractivity contribution in [2.24, 2.45) is 0 Å². The number of hydrogen-bond acceptors (Lipinski definition) is 1. The summed E-state index contributed by atoms with van der Waals surface area (Å²) in [6.45, 7) is 0.785. The van der Waals surface area contributed by atoms with Crippen LogP contribution in [-0.4, -0.2) is 6.61 Å². The van der Waals surface area contributed by atoms with E-state index in [1.807, 2.05) is 0 Å². The molecule has 0 fully saturated rings. The fourth-order valence-electron chi connectivity index (χ4n) is 0.691. The van der Waals surface area contributed by atoms with E-state index in [1.54, 1.807) is 20.8 Å². The first-order chi connectivity index (χ1) is 3.93. The maximum atomic E-state index is 4.92. The van der Waals surface area contributed by atoms with Gasteiger partial charge in [0.2, 0.25) is 0 Å². The average Bonchev–Trinajstić information content (AvgIpc) is 2.19. The van der Waals surface area contributed by atoms with Crippen LogP contribution in [0.25, 0.3) is 0 Å². The minimum absolute atomic E-state index is 0. The Kier molecular flexibility index (Phi) is 5.51. The molecule has 0 aromatic rings. The van der Waals surface area contributed by atoms with Crippen molar-refractivity contribution in [2.75, 3.05) is 6.61 Å². The van der Waals surface area contributed by atoms with Crippen LogP contribution in [0.1, 0.15) is 6.42 Å². The normalized spacial score (nSPS) is 14.8. The van der Waals surface area contributed by atoms with Crippen LogP contribution >= 0.6 is 12.4 Å². The van der Waals surface area contributed by atoms with Crippen molar-refractivity contribution in [1.82, 2.24) is 0 Å². The molecule has 0 aliphatic heterocycles. The van der Waals surface area contributed by atoms with E-state index in [0.717, 1.165) is 13.0 Å². The first-order valence-electron chi connectivity index (χ1n) is 2.56. The molecule has 0 bridgehead atoms. The second kappa shape index (κ2) is 5.25. The van der Waals surface area contributed by atoms with Crippen LogP contribution in [0.4, 0.5) is 0 Å². The molecule has 1 nitrogen and oxygen atoms in total. The molecule has 0 amide bonds. The van der Waals surface area contributed by atoms with Gasteiger partial charge >= 0.3 is 61.0 Å². The van der Waals surface area contributed by atoms with Crippen LogP contribution in [0.2, 0.25) is 0 Å². The molecule has 1 aliphatic rings. The second-order valence-corrected chi connectivity index (χ2v) is 2.20. The zero-order valence-corrected chi connectivity index (χ0v) is 7.34. The van der Waals surface area contributed by atoms with Gasteiger partial charge in [0.15, 0.2) is 0 Å². The van der Waals surface area contributed by atoms with Crippen LogP contribution in [0.5, 0.6) is 0 Å². The molecule has 0 aromatic heterocycles. The van der Waals surface area contributed by atoms with Gasteiger partial charge < -0.3 is 0 Å². The summed E-state index contributed by atoms with van der Waals surface area (Å²) in [6, 6.07) is 0. The summed E-state index contributed by atoms with van der Waals surface area (Å²) in [5.41, 5.74) is 1.37. The van der Waals surface area contributed by atoms with Gasteiger partial charge in [0.25, 0.3) is 0 Å². The molecule has 0 unspecified atom stereocenters. The Morgan fingerprint density at radius 3 is 2.89 bits per heavy atom. The zero-order chi connectivity index (χ0) is 5.82. The van der Waals surface area contributed by atoms with Crippen molar-refractivity contribution < 1.29 is 24.1 Å². The van der Waals surface area contributed by atoms with E-state index in [4.69, 9.17) is 3.32 Å². The van der Waals surface area contributed by atoms with Gasteiger partial charge in [0.1, 0.15) is 0 Å². The van der Waals surface area contributed by atoms with Gasteiger partial charge in [0, 0.05) is 0 Å². The van der Waals surface area contributed by atoms with Crippen LogP contribution in [0, 0.1) is 0 Å². The van der Waals surface area contributed by atoms with Gasteiger partial charge in [-0.05, 0) is 0 Å². The summed E-state index contributed by atoms with van der Waals surface area (Å²) in [5.74, 6) is 0. The van der Waals surface area contributed by atoms with Crippen LogP contribution in [0.15, 0.2) is 23.8 Å². The van der Waals surface area contributed by atoms with Gasteiger partial charge in [-0.15, -0.1) is 12.4 Å². The van der Waals surface area contributed by atoms with Gasteiger partial charge in [-0.2, -0.15) is 0 Å². The Labute approximate surface area is 73.5 Å². The quantitative estimate of drug-likeness (QED) is 0.587. The van der Waals surface area contributed by atoms with E-state index in [9.17, 15) is 0 Å². The van der Waals surface area contributed by atoms with Gasteiger partial charge in [-0.3, -0.25) is 0 Å². The second-order valence-electron chi connectivity index (χ2n) is 1.75. The molecule has 0 atom stereocenters. The Morgan fingerprint density at radius 2 is 2.44 bits per heavy atom. The number of rotatable bonds is 2. The van der Waals surface area contributed by atoms with Gasteiger partial charge in [0.05, 0.1) is 0 Å². The van der Waals surface area contributed by atoms with Crippen molar-refractivity contribution in [3.8, 4) is 0 Å². The van der Waals surface area contributed by atoms with E-state index < -0.39 is 0 Å². The van der Waals surface area contributed by atoms with Crippen LogP contribution in [-0.2, 0) is 24.1 Å². The maximum absolute atomic E-state index is 4.92. The van der Waals surface area contributed by atoms with Gasteiger partial charge in [-0.1, -0.05) is 0 Å². The van der Waals surface area contributed by atoms with E-state index >= 15 is 0 Å². The minimum atomic E-state index is 0. The molecule has 0 saturated carbocycles. The molecular formula is C6H8ClOTi. The Morgan fingerprint density at radius 1 is 1.67 bits per heavy atom. The fourth-order valence-corrected chi connectivity index (χ4v) is 0.981. The molecule has 49 valence electrons. The Bertz CT molecular complexity index is 131. The zero-order valence-electron chi connectivity index (χ0n) is 4.96. The molecule has 3 heteroatoms. The number of hydrogen-bond donors (Lipinski definition) is 0. The predicted molar refractivity (Wildman–Crippen MR) is 35.0 cm³/mol. The molecular weight excluding hydrogens is 171 g/mol. The third-order valence-corrected chi connectivity index (χ3v) is 1.33. The Hall–Kier alpha value is 0.444. The molecule has 0 spiro atoms. The average molecular weight is 179 g/mol. The van der Waals surface area contributed by atoms with Crippen molar-refractivity contribution in [3.05, 3.63) is 23.8 Å². The molecule has 0 radical (unpaired) electrons. The monoisotopic (exact) mass is 179 g/mol. The topological polar surface area (TPSA) is 9.23 Å².